The standard InChI is InChI=1S/C15H23NO2/c1-4-12(8-9-16)17-13-7-5-6-11-10-15(2,3)18-14(11)13/h5-7,12H,4,8-10,16H2,1-3H3. The van der Waals surface area contributed by atoms with Gasteiger partial charge in [0, 0.05) is 12.0 Å². The molecule has 3 heteroatoms. The highest BCUT2D eigenvalue weighted by Gasteiger charge is 2.32. The van der Waals surface area contributed by atoms with E-state index in [2.05, 4.69) is 26.8 Å². The van der Waals surface area contributed by atoms with Gasteiger partial charge in [0.1, 0.15) is 5.60 Å². The molecule has 100 valence electrons. The minimum Gasteiger partial charge on any atom is -0.486 e. The van der Waals surface area contributed by atoms with E-state index >= 15 is 0 Å². The second-order valence-electron chi connectivity index (χ2n) is 5.51. The first-order valence-corrected chi connectivity index (χ1v) is 6.73. The van der Waals surface area contributed by atoms with Gasteiger partial charge in [0.15, 0.2) is 11.5 Å². The van der Waals surface area contributed by atoms with Gasteiger partial charge in [-0.15, -0.1) is 0 Å². The summed E-state index contributed by atoms with van der Waals surface area (Å²) in [5.74, 6) is 1.77. The molecule has 2 N–H and O–H groups in total. The zero-order valence-corrected chi connectivity index (χ0v) is 11.5. The van der Waals surface area contributed by atoms with E-state index in [1.807, 2.05) is 12.1 Å². The second-order valence-corrected chi connectivity index (χ2v) is 5.51. The van der Waals surface area contributed by atoms with Gasteiger partial charge >= 0.3 is 0 Å². The molecule has 0 aromatic heterocycles. The van der Waals surface area contributed by atoms with Crippen LogP contribution in [0.25, 0.3) is 0 Å². The van der Waals surface area contributed by atoms with Crippen LogP contribution in [0.5, 0.6) is 11.5 Å². The molecule has 0 fully saturated rings. The van der Waals surface area contributed by atoms with Crippen LogP contribution < -0.4 is 15.2 Å². The van der Waals surface area contributed by atoms with E-state index in [9.17, 15) is 0 Å². The average Bonchev–Trinajstić information content (AvgIpc) is 2.63. The van der Waals surface area contributed by atoms with Crippen LogP contribution in [0.2, 0.25) is 0 Å². The van der Waals surface area contributed by atoms with Crippen molar-refractivity contribution in [1.82, 2.24) is 0 Å². The Morgan fingerprint density at radius 2 is 2.22 bits per heavy atom. The van der Waals surface area contributed by atoms with Crippen molar-refractivity contribution >= 4 is 0 Å². The van der Waals surface area contributed by atoms with Crippen molar-refractivity contribution in [3.8, 4) is 11.5 Å². The molecule has 0 bridgehead atoms. The summed E-state index contributed by atoms with van der Waals surface area (Å²) in [5, 5.41) is 0. The lowest BCUT2D eigenvalue weighted by molar-refractivity contribution is 0.123. The van der Waals surface area contributed by atoms with Gasteiger partial charge in [0.25, 0.3) is 0 Å². The van der Waals surface area contributed by atoms with Crippen molar-refractivity contribution in [1.29, 1.82) is 0 Å². The molecule has 1 aliphatic heterocycles. The first kappa shape index (κ1) is 13.2. The van der Waals surface area contributed by atoms with Crippen LogP contribution in [0.4, 0.5) is 0 Å². The third-order valence-electron chi connectivity index (χ3n) is 3.29. The number of hydrogen-bond donors (Lipinski definition) is 1. The fourth-order valence-corrected chi connectivity index (χ4v) is 2.39. The molecule has 0 spiro atoms. The van der Waals surface area contributed by atoms with E-state index in [0.29, 0.717) is 6.54 Å². The van der Waals surface area contributed by atoms with Crippen LogP contribution >= 0.6 is 0 Å². The Kier molecular flexibility index (Phi) is 3.81. The quantitative estimate of drug-likeness (QED) is 0.872. The Hall–Kier alpha value is -1.22. The Morgan fingerprint density at radius 3 is 2.89 bits per heavy atom. The van der Waals surface area contributed by atoms with E-state index < -0.39 is 0 Å². The third kappa shape index (κ3) is 2.78. The summed E-state index contributed by atoms with van der Waals surface area (Å²) in [5.41, 5.74) is 6.71. The Balaban J connectivity index is 2.18. The molecule has 1 heterocycles. The molecule has 1 atom stereocenters. The molecule has 1 aromatic rings. The predicted octanol–water partition coefficient (Wildman–Crippen LogP) is 2.91. The fraction of sp³-hybridized carbons (Fsp3) is 0.600. The number of fused-ring (bicyclic) bond motifs is 1. The maximum atomic E-state index is 6.04. The van der Waals surface area contributed by atoms with Gasteiger partial charge in [-0.25, -0.2) is 0 Å². The van der Waals surface area contributed by atoms with Crippen LogP contribution in [-0.4, -0.2) is 18.2 Å². The van der Waals surface area contributed by atoms with E-state index in [4.69, 9.17) is 15.2 Å². The topological polar surface area (TPSA) is 44.5 Å². The minimum atomic E-state index is -0.128. The maximum absolute atomic E-state index is 6.04. The Morgan fingerprint density at radius 1 is 1.44 bits per heavy atom. The number of ether oxygens (including phenoxy) is 2. The van der Waals surface area contributed by atoms with Gasteiger partial charge in [-0.2, -0.15) is 0 Å². The minimum absolute atomic E-state index is 0.128. The first-order chi connectivity index (χ1) is 8.55. The lowest BCUT2D eigenvalue weighted by Gasteiger charge is -2.21. The second kappa shape index (κ2) is 5.19. The molecular weight excluding hydrogens is 226 g/mol. The molecule has 1 aliphatic rings. The molecule has 2 rings (SSSR count). The van der Waals surface area contributed by atoms with Crippen molar-refractivity contribution in [2.45, 2.75) is 51.7 Å². The predicted molar refractivity (Wildman–Crippen MR) is 73.2 cm³/mol. The van der Waals surface area contributed by atoms with Gasteiger partial charge in [-0.05, 0) is 39.3 Å². The Labute approximate surface area is 109 Å². The van der Waals surface area contributed by atoms with E-state index in [1.54, 1.807) is 0 Å². The first-order valence-electron chi connectivity index (χ1n) is 6.73. The summed E-state index contributed by atoms with van der Waals surface area (Å²) >= 11 is 0. The van der Waals surface area contributed by atoms with Gasteiger partial charge in [0.2, 0.25) is 0 Å². The average molecular weight is 249 g/mol. The van der Waals surface area contributed by atoms with Gasteiger partial charge < -0.3 is 15.2 Å². The van der Waals surface area contributed by atoms with Crippen LogP contribution in [0.1, 0.15) is 39.2 Å². The SMILES string of the molecule is CCC(CCN)Oc1cccc2c1OC(C)(C)C2. The molecule has 0 saturated carbocycles. The molecule has 3 nitrogen and oxygen atoms in total. The number of nitrogens with two attached hydrogens (primary N) is 1. The monoisotopic (exact) mass is 249 g/mol. The molecule has 1 unspecified atom stereocenters. The number of hydrogen-bond acceptors (Lipinski definition) is 3. The van der Waals surface area contributed by atoms with E-state index in [-0.39, 0.29) is 11.7 Å². The van der Waals surface area contributed by atoms with Crippen molar-refractivity contribution in [3.63, 3.8) is 0 Å². The van der Waals surface area contributed by atoms with Crippen LogP contribution in [-0.2, 0) is 6.42 Å². The summed E-state index contributed by atoms with van der Waals surface area (Å²) in [6.07, 6.45) is 2.95. The number of benzene rings is 1. The van der Waals surface area contributed by atoms with Gasteiger partial charge in [0.05, 0.1) is 6.10 Å². The molecule has 0 amide bonds. The van der Waals surface area contributed by atoms with Crippen molar-refractivity contribution < 1.29 is 9.47 Å². The summed E-state index contributed by atoms with van der Waals surface area (Å²) in [4.78, 5) is 0. The van der Waals surface area contributed by atoms with Gasteiger partial charge in [-0.3, -0.25) is 0 Å². The number of rotatable bonds is 5. The number of para-hydroxylation sites is 1. The van der Waals surface area contributed by atoms with Gasteiger partial charge in [-0.1, -0.05) is 19.1 Å². The van der Waals surface area contributed by atoms with Crippen LogP contribution in [0, 0.1) is 0 Å². The summed E-state index contributed by atoms with van der Waals surface area (Å²) in [6, 6.07) is 6.13. The highest BCUT2D eigenvalue weighted by atomic mass is 16.5. The fourth-order valence-electron chi connectivity index (χ4n) is 2.39. The zero-order chi connectivity index (χ0) is 13.2. The lowest BCUT2D eigenvalue weighted by Crippen LogP contribution is -2.25. The molecule has 0 radical (unpaired) electrons. The maximum Gasteiger partial charge on any atom is 0.165 e. The highest BCUT2D eigenvalue weighted by molar-refractivity contribution is 5.50. The molecule has 0 saturated heterocycles. The molecule has 1 aromatic carbocycles. The molecule has 0 aliphatic carbocycles. The highest BCUT2D eigenvalue weighted by Crippen LogP contribution is 2.42. The Bertz CT molecular complexity index is 415. The zero-order valence-electron chi connectivity index (χ0n) is 11.5. The van der Waals surface area contributed by atoms with Crippen molar-refractivity contribution in [3.05, 3.63) is 23.8 Å². The van der Waals surface area contributed by atoms with Crippen LogP contribution in [0.3, 0.4) is 0 Å². The lowest BCUT2D eigenvalue weighted by atomic mass is 10.0. The smallest absolute Gasteiger partial charge is 0.165 e. The summed E-state index contributed by atoms with van der Waals surface area (Å²) in [6.45, 7) is 6.98. The molecular formula is C15H23NO2. The van der Waals surface area contributed by atoms with Crippen molar-refractivity contribution in [2.24, 2.45) is 5.73 Å². The summed E-state index contributed by atoms with van der Waals surface area (Å²) < 4.78 is 12.0. The van der Waals surface area contributed by atoms with Crippen molar-refractivity contribution in [2.75, 3.05) is 6.54 Å². The van der Waals surface area contributed by atoms with E-state index in [0.717, 1.165) is 30.8 Å². The normalized spacial score (nSPS) is 18.0. The largest absolute Gasteiger partial charge is 0.486 e. The third-order valence-corrected chi connectivity index (χ3v) is 3.29. The summed E-state index contributed by atoms with van der Waals surface area (Å²) in [7, 11) is 0. The van der Waals surface area contributed by atoms with Crippen LogP contribution in [0.15, 0.2) is 18.2 Å². The molecule has 18 heavy (non-hydrogen) atoms. The van der Waals surface area contributed by atoms with E-state index in [1.165, 1.54) is 5.56 Å².